The fourth-order valence-corrected chi connectivity index (χ4v) is 3.38. The first-order chi connectivity index (χ1) is 7.92. The smallest absolute Gasteiger partial charge is 0.0963 e. The van der Waals surface area contributed by atoms with E-state index in [0.717, 1.165) is 23.0 Å². The number of hydrogen-bond acceptors (Lipinski definition) is 3. The summed E-state index contributed by atoms with van der Waals surface area (Å²) in [5, 5.41) is 9.94. The lowest BCUT2D eigenvalue weighted by molar-refractivity contribution is 0.399. The van der Waals surface area contributed by atoms with Crippen molar-refractivity contribution in [2.45, 2.75) is 44.9 Å². The standard InChI is InChI=1S/C14H17N3/c1-13(2)8-14(3,4)12-11(13)9-7-15-6-5-10(9)16-17-12/h5-7H,8H2,1-4H3. The monoisotopic (exact) mass is 227 g/mol. The van der Waals surface area contributed by atoms with Crippen molar-refractivity contribution in [1.29, 1.82) is 0 Å². The van der Waals surface area contributed by atoms with Gasteiger partial charge < -0.3 is 0 Å². The van der Waals surface area contributed by atoms with Gasteiger partial charge in [-0.25, -0.2) is 0 Å². The van der Waals surface area contributed by atoms with Crippen LogP contribution in [0.2, 0.25) is 0 Å². The van der Waals surface area contributed by atoms with Gasteiger partial charge in [0.2, 0.25) is 0 Å². The van der Waals surface area contributed by atoms with Crippen molar-refractivity contribution in [2.24, 2.45) is 0 Å². The summed E-state index contributed by atoms with van der Waals surface area (Å²) in [4.78, 5) is 4.24. The minimum atomic E-state index is 0.107. The van der Waals surface area contributed by atoms with E-state index in [1.165, 1.54) is 5.56 Å². The lowest BCUT2D eigenvalue weighted by Gasteiger charge is -2.22. The third kappa shape index (κ3) is 1.38. The van der Waals surface area contributed by atoms with Crippen LogP contribution in [0.4, 0.5) is 0 Å². The first-order valence-corrected chi connectivity index (χ1v) is 6.03. The van der Waals surface area contributed by atoms with Gasteiger partial charge in [0.25, 0.3) is 0 Å². The molecule has 0 saturated heterocycles. The van der Waals surface area contributed by atoms with Gasteiger partial charge in [0, 0.05) is 23.2 Å². The lowest BCUT2D eigenvalue weighted by atomic mass is 9.81. The highest BCUT2D eigenvalue weighted by Gasteiger charge is 2.44. The van der Waals surface area contributed by atoms with Crippen molar-refractivity contribution in [3.05, 3.63) is 29.7 Å². The summed E-state index contributed by atoms with van der Waals surface area (Å²) in [7, 11) is 0. The van der Waals surface area contributed by atoms with Gasteiger partial charge >= 0.3 is 0 Å². The third-order valence-corrected chi connectivity index (χ3v) is 3.76. The Kier molecular flexibility index (Phi) is 1.90. The minimum absolute atomic E-state index is 0.107. The average molecular weight is 227 g/mol. The summed E-state index contributed by atoms with van der Waals surface area (Å²) in [5.41, 5.74) is 3.68. The summed E-state index contributed by atoms with van der Waals surface area (Å²) >= 11 is 0. The van der Waals surface area contributed by atoms with E-state index in [9.17, 15) is 0 Å². The summed E-state index contributed by atoms with van der Waals surface area (Å²) in [6, 6.07) is 1.93. The van der Waals surface area contributed by atoms with Crippen LogP contribution >= 0.6 is 0 Å². The molecule has 0 radical (unpaired) electrons. The molecule has 0 amide bonds. The molecule has 0 saturated carbocycles. The van der Waals surface area contributed by atoms with E-state index in [1.54, 1.807) is 6.20 Å². The number of pyridine rings is 1. The molecule has 0 spiro atoms. The molecule has 2 aromatic heterocycles. The average Bonchev–Trinajstić information content (AvgIpc) is 2.44. The van der Waals surface area contributed by atoms with Crippen molar-refractivity contribution in [2.75, 3.05) is 0 Å². The molecule has 2 aromatic rings. The fraction of sp³-hybridized carbons (Fsp3) is 0.500. The fourth-order valence-electron chi connectivity index (χ4n) is 3.38. The molecule has 0 aromatic carbocycles. The molecule has 3 rings (SSSR count). The van der Waals surface area contributed by atoms with Crippen LogP contribution < -0.4 is 0 Å². The summed E-state index contributed by atoms with van der Waals surface area (Å²) in [6.07, 6.45) is 4.81. The molecule has 3 heteroatoms. The molecule has 1 aliphatic rings. The number of nitrogens with zero attached hydrogens (tertiary/aromatic N) is 3. The number of rotatable bonds is 0. The van der Waals surface area contributed by atoms with Gasteiger partial charge in [0.15, 0.2) is 0 Å². The van der Waals surface area contributed by atoms with Gasteiger partial charge in [-0.15, -0.1) is 0 Å². The third-order valence-electron chi connectivity index (χ3n) is 3.76. The van der Waals surface area contributed by atoms with Crippen molar-refractivity contribution in [3.63, 3.8) is 0 Å². The molecule has 0 aliphatic heterocycles. The molecule has 17 heavy (non-hydrogen) atoms. The Morgan fingerprint density at radius 3 is 2.59 bits per heavy atom. The second kappa shape index (κ2) is 3.03. The molecule has 0 atom stereocenters. The van der Waals surface area contributed by atoms with E-state index in [1.807, 2.05) is 12.3 Å². The van der Waals surface area contributed by atoms with Crippen LogP contribution in [0.5, 0.6) is 0 Å². The number of fused-ring (bicyclic) bond motifs is 3. The maximum absolute atomic E-state index is 4.46. The molecule has 0 N–H and O–H groups in total. The molecule has 88 valence electrons. The van der Waals surface area contributed by atoms with Crippen LogP contribution in [0.3, 0.4) is 0 Å². The Morgan fingerprint density at radius 1 is 1.06 bits per heavy atom. The highest BCUT2D eigenvalue weighted by molar-refractivity contribution is 5.83. The van der Waals surface area contributed by atoms with E-state index in [2.05, 4.69) is 42.9 Å². The van der Waals surface area contributed by atoms with Gasteiger partial charge in [0.1, 0.15) is 0 Å². The van der Waals surface area contributed by atoms with Crippen molar-refractivity contribution < 1.29 is 0 Å². The predicted octanol–water partition coefficient (Wildman–Crippen LogP) is 2.98. The second-order valence-electron chi connectivity index (χ2n) is 6.26. The van der Waals surface area contributed by atoms with E-state index in [0.29, 0.717) is 0 Å². The van der Waals surface area contributed by atoms with Crippen LogP contribution in [0, 0.1) is 0 Å². The summed E-state index contributed by atoms with van der Waals surface area (Å²) in [6.45, 7) is 9.07. The molecule has 1 aliphatic carbocycles. The largest absolute Gasteiger partial charge is 0.264 e. The zero-order chi connectivity index (χ0) is 12.3. The quantitative estimate of drug-likeness (QED) is 0.694. The van der Waals surface area contributed by atoms with Crippen LogP contribution in [0.25, 0.3) is 10.9 Å². The Hall–Kier alpha value is -1.51. The van der Waals surface area contributed by atoms with Crippen molar-refractivity contribution in [1.82, 2.24) is 15.2 Å². The zero-order valence-corrected chi connectivity index (χ0v) is 10.8. The molecular formula is C14H17N3. The normalized spacial score (nSPS) is 20.5. The minimum Gasteiger partial charge on any atom is -0.264 e. The maximum Gasteiger partial charge on any atom is 0.0963 e. The zero-order valence-electron chi connectivity index (χ0n) is 10.8. The molecule has 2 heterocycles. The lowest BCUT2D eigenvalue weighted by Crippen LogP contribution is -2.18. The first kappa shape index (κ1) is 10.6. The van der Waals surface area contributed by atoms with E-state index in [-0.39, 0.29) is 10.8 Å². The number of hydrogen-bond donors (Lipinski definition) is 0. The summed E-state index contributed by atoms with van der Waals surface area (Å²) in [5.74, 6) is 0. The van der Waals surface area contributed by atoms with E-state index in [4.69, 9.17) is 0 Å². The topological polar surface area (TPSA) is 38.7 Å². The Morgan fingerprint density at radius 2 is 1.82 bits per heavy atom. The van der Waals surface area contributed by atoms with Crippen LogP contribution in [0.1, 0.15) is 45.4 Å². The first-order valence-electron chi connectivity index (χ1n) is 6.03. The van der Waals surface area contributed by atoms with Crippen LogP contribution in [-0.2, 0) is 10.8 Å². The van der Waals surface area contributed by atoms with Crippen molar-refractivity contribution >= 4 is 10.9 Å². The van der Waals surface area contributed by atoms with E-state index >= 15 is 0 Å². The van der Waals surface area contributed by atoms with Gasteiger partial charge in [0.05, 0.1) is 11.2 Å². The SMILES string of the molecule is CC1(C)CC(C)(C)c2c1nnc1ccncc21. The Bertz CT molecular complexity index is 599. The predicted molar refractivity (Wildman–Crippen MR) is 68.0 cm³/mol. The Balaban J connectivity index is 2.44. The highest BCUT2D eigenvalue weighted by Crippen LogP contribution is 2.49. The maximum atomic E-state index is 4.46. The van der Waals surface area contributed by atoms with Gasteiger partial charge in [-0.2, -0.15) is 10.2 Å². The number of aromatic nitrogens is 3. The van der Waals surface area contributed by atoms with E-state index < -0.39 is 0 Å². The molecule has 0 fully saturated rings. The summed E-state index contributed by atoms with van der Waals surface area (Å²) < 4.78 is 0. The van der Waals surface area contributed by atoms with Crippen LogP contribution in [0.15, 0.2) is 18.5 Å². The molecule has 0 unspecified atom stereocenters. The highest BCUT2D eigenvalue weighted by atomic mass is 15.1. The molecular weight excluding hydrogens is 210 g/mol. The molecule has 0 bridgehead atoms. The Labute approximate surface area is 101 Å². The van der Waals surface area contributed by atoms with Gasteiger partial charge in [-0.1, -0.05) is 27.7 Å². The van der Waals surface area contributed by atoms with Gasteiger partial charge in [-0.05, 0) is 23.5 Å². The van der Waals surface area contributed by atoms with Crippen molar-refractivity contribution in [3.8, 4) is 0 Å². The molecule has 3 nitrogen and oxygen atoms in total. The van der Waals surface area contributed by atoms with Gasteiger partial charge in [-0.3, -0.25) is 4.98 Å². The second-order valence-corrected chi connectivity index (χ2v) is 6.26. The van der Waals surface area contributed by atoms with Crippen LogP contribution in [-0.4, -0.2) is 15.2 Å².